The van der Waals surface area contributed by atoms with Crippen LogP contribution in [0.25, 0.3) is 0 Å². The molecule has 0 aliphatic heterocycles. The van der Waals surface area contributed by atoms with Gasteiger partial charge in [0.1, 0.15) is 6.61 Å². The van der Waals surface area contributed by atoms with Crippen LogP contribution in [0.5, 0.6) is 0 Å². The zero-order chi connectivity index (χ0) is 15.8. The largest absolute Gasteiger partial charge is 0.465 e. The SMILES string of the molecule is COC(=O)c1cccc(COC(=NC(C)C)NC(C)C)c1. The molecule has 0 atom stereocenters. The monoisotopic (exact) mass is 292 g/mol. The fourth-order valence-corrected chi connectivity index (χ4v) is 1.66. The lowest BCUT2D eigenvalue weighted by Crippen LogP contribution is -2.33. The lowest BCUT2D eigenvalue weighted by Gasteiger charge is -2.15. The zero-order valence-electron chi connectivity index (χ0n) is 13.3. The van der Waals surface area contributed by atoms with E-state index in [0.717, 1.165) is 5.56 Å². The molecule has 0 saturated carbocycles. The van der Waals surface area contributed by atoms with E-state index >= 15 is 0 Å². The smallest absolute Gasteiger partial charge is 0.337 e. The van der Waals surface area contributed by atoms with Gasteiger partial charge in [-0.3, -0.25) is 0 Å². The van der Waals surface area contributed by atoms with Gasteiger partial charge in [-0.25, -0.2) is 9.79 Å². The quantitative estimate of drug-likeness (QED) is 0.515. The van der Waals surface area contributed by atoms with Gasteiger partial charge in [0, 0.05) is 12.1 Å². The summed E-state index contributed by atoms with van der Waals surface area (Å²) in [4.78, 5) is 15.9. The van der Waals surface area contributed by atoms with Crippen molar-refractivity contribution in [2.45, 2.75) is 46.4 Å². The summed E-state index contributed by atoms with van der Waals surface area (Å²) in [6.45, 7) is 8.37. The first kappa shape index (κ1) is 17.0. The molecule has 0 unspecified atom stereocenters. The molecule has 0 aromatic heterocycles. The maximum Gasteiger partial charge on any atom is 0.337 e. The number of rotatable bonds is 5. The van der Waals surface area contributed by atoms with Gasteiger partial charge < -0.3 is 14.8 Å². The van der Waals surface area contributed by atoms with E-state index < -0.39 is 0 Å². The molecule has 5 heteroatoms. The molecule has 0 saturated heterocycles. The minimum absolute atomic E-state index is 0.146. The van der Waals surface area contributed by atoms with Crippen LogP contribution in [0.2, 0.25) is 0 Å². The van der Waals surface area contributed by atoms with Gasteiger partial charge in [0.2, 0.25) is 0 Å². The van der Waals surface area contributed by atoms with Gasteiger partial charge in [-0.1, -0.05) is 12.1 Å². The molecule has 0 aliphatic carbocycles. The number of methoxy groups -OCH3 is 1. The van der Waals surface area contributed by atoms with Crippen LogP contribution in [-0.4, -0.2) is 31.2 Å². The fraction of sp³-hybridized carbons (Fsp3) is 0.500. The van der Waals surface area contributed by atoms with Crippen molar-refractivity contribution < 1.29 is 14.3 Å². The van der Waals surface area contributed by atoms with Crippen LogP contribution >= 0.6 is 0 Å². The maximum atomic E-state index is 11.5. The summed E-state index contributed by atoms with van der Waals surface area (Å²) >= 11 is 0. The number of carbonyl (C=O) groups excluding carboxylic acids is 1. The molecular formula is C16H24N2O3. The molecular weight excluding hydrogens is 268 g/mol. The summed E-state index contributed by atoms with van der Waals surface area (Å²) < 4.78 is 10.4. The van der Waals surface area contributed by atoms with Crippen LogP contribution < -0.4 is 5.32 Å². The van der Waals surface area contributed by atoms with Gasteiger partial charge in [-0.15, -0.1) is 0 Å². The maximum absolute atomic E-state index is 11.5. The second-order valence-electron chi connectivity index (χ2n) is 5.31. The summed E-state index contributed by atoms with van der Waals surface area (Å²) in [6, 6.07) is 8.08. The van der Waals surface area contributed by atoms with Crippen molar-refractivity contribution in [2.24, 2.45) is 4.99 Å². The standard InChI is InChI=1S/C16H24N2O3/c1-11(2)17-16(18-12(3)4)21-10-13-7-6-8-14(9-13)15(19)20-5/h6-9,11-12H,10H2,1-5H3,(H,17,18). The minimum atomic E-state index is -0.353. The first-order chi connectivity index (χ1) is 9.92. The van der Waals surface area contributed by atoms with Crippen LogP contribution in [-0.2, 0) is 16.1 Å². The minimum Gasteiger partial charge on any atom is -0.465 e. The van der Waals surface area contributed by atoms with E-state index in [1.54, 1.807) is 18.2 Å². The van der Waals surface area contributed by atoms with E-state index in [-0.39, 0.29) is 18.1 Å². The molecule has 1 N–H and O–H groups in total. The number of nitrogens with zero attached hydrogens (tertiary/aromatic N) is 1. The zero-order valence-corrected chi connectivity index (χ0v) is 13.3. The number of nitrogens with one attached hydrogen (secondary N) is 1. The highest BCUT2D eigenvalue weighted by Gasteiger charge is 2.08. The van der Waals surface area contributed by atoms with Gasteiger partial charge in [0.25, 0.3) is 6.02 Å². The molecule has 0 spiro atoms. The fourth-order valence-electron chi connectivity index (χ4n) is 1.66. The van der Waals surface area contributed by atoms with Crippen molar-refractivity contribution >= 4 is 12.0 Å². The number of benzene rings is 1. The molecule has 0 heterocycles. The summed E-state index contributed by atoms with van der Waals surface area (Å²) in [5, 5.41) is 3.17. The molecule has 1 aromatic carbocycles. The number of hydrogen-bond acceptors (Lipinski definition) is 4. The average molecular weight is 292 g/mol. The average Bonchev–Trinajstić information content (AvgIpc) is 2.43. The third-order valence-corrected chi connectivity index (χ3v) is 2.51. The van der Waals surface area contributed by atoms with Crippen LogP contribution in [0.15, 0.2) is 29.3 Å². The van der Waals surface area contributed by atoms with E-state index in [9.17, 15) is 4.79 Å². The van der Waals surface area contributed by atoms with Crippen LogP contribution in [0, 0.1) is 0 Å². The Kier molecular flexibility index (Phi) is 6.72. The lowest BCUT2D eigenvalue weighted by atomic mass is 10.1. The molecule has 116 valence electrons. The number of esters is 1. The molecule has 0 fully saturated rings. The Balaban J connectivity index is 2.73. The summed E-state index contributed by atoms with van der Waals surface area (Å²) in [7, 11) is 1.37. The third-order valence-electron chi connectivity index (χ3n) is 2.51. The van der Waals surface area contributed by atoms with Gasteiger partial charge in [0.15, 0.2) is 0 Å². The van der Waals surface area contributed by atoms with Crippen LogP contribution in [0.4, 0.5) is 0 Å². The molecule has 0 amide bonds. The van der Waals surface area contributed by atoms with E-state index in [4.69, 9.17) is 9.47 Å². The number of hydrogen-bond donors (Lipinski definition) is 1. The summed E-state index contributed by atoms with van der Waals surface area (Å²) in [6.07, 6.45) is 0. The number of amidine groups is 1. The van der Waals surface area contributed by atoms with Crippen LogP contribution in [0.3, 0.4) is 0 Å². The van der Waals surface area contributed by atoms with E-state index in [1.807, 2.05) is 33.8 Å². The molecule has 1 rings (SSSR count). The Morgan fingerprint density at radius 3 is 2.57 bits per heavy atom. The van der Waals surface area contributed by atoms with E-state index in [1.165, 1.54) is 7.11 Å². The molecule has 5 nitrogen and oxygen atoms in total. The first-order valence-corrected chi connectivity index (χ1v) is 7.06. The highest BCUT2D eigenvalue weighted by atomic mass is 16.5. The molecule has 0 aliphatic rings. The Bertz CT molecular complexity index is 496. The second-order valence-corrected chi connectivity index (χ2v) is 5.31. The third kappa shape index (κ3) is 6.29. The van der Waals surface area contributed by atoms with Crippen molar-refractivity contribution in [3.63, 3.8) is 0 Å². The van der Waals surface area contributed by atoms with E-state index in [0.29, 0.717) is 18.2 Å². The van der Waals surface area contributed by atoms with Gasteiger partial charge >= 0.3 is 5.97 Å². The van der Waals surface area contributed by atoms with Crippen molar-refractivity contribution in [1.29, 1.82) is 0 Å². The van der Waals surface area contributed by atoms with E-state index in [2.05, 4.69) is 10.3 Å². The lowest BCUT2D eigenvalue weighted by molar-refractivity contribution is 0.0600. The van der Waals surface area contributed by atoms with Crippen molar-refractivity contribution in [1.82, 2.24) is 5.32 Å². The Morgan fingerprint density at radius 1 is 1.29 bits per heavy atom. The van der Waals surface area contributed by atoms with Crippen molar-refractivity contribution in [3.05, 3.63) is 35.4 Å². The predicted octanol–water partition coefficient (Wildman–Crippen LogP) is 2.75. The van der Waals surface area contributed by atoms with Gasteiger partial charge in [-0.2, -0.15) is 0 Å². The van der Waals surface area contributed by atoms with Crippen LogP contribution in [0.1, 0.15) is 43.6 Å². The molecule has 21 heavy (non-hydrogen) atoms. The number of carbonyl (C=O) groups is 1. The highest BCUT2D eigenvalue weighted by Crippen LogP contribution is 2.08. The Hall–Kier alpha value is -2.04. The molecule has 1 aromatic rings. The number of aliphatic imine (C=N–C) groups is 1. The van der Waals surface area contributed by atoms with Crippen molar-refractivity contribution in [3.8, 4) is 0 Å². The predicted molar refractivity (Wildman–Crippen MR) is 83.4 cm³/mol. The van der Waals surface area contributed by atoms with Crippen molar-refractivity contribution in [2.75, 3.05) is 7.11 Å². The molecule has 0 radical (unpaired) electrons. The molecule has 0 bridgehead atoms. The number of ether oxygens (including phenoxy) is 2. The highest BCUT2D eigenvalue weighted by molar-refractivity contribution is 5.89. The normalized spacial score (nSPS) is 11.7. The second kappa shape index (κ2) is 8.29. The first-order valence-electron chi connectivity index (χ1n) is 7.06. The topological polar surface area (TPSA) is 59.9 Å². The summed E-state index contributed by atoms with van der Waals surface area (Å²) in [5.74, 6) is -0.353. The Morgan fingerprint density at radius 2 is 2.00 bits per heavy atom. The van der Waals surface area contributed by atoms with Gasteiger partial charge in [-0.05, 0) is 45.4 Å². The Labute approximate surface area is 126 Å². The van der Waals surface area contributed by atoms with Gasteiger partial charge in [0.05, 0.1) is 12.7 Å². The summed E-state index contributed by atoms with van der Waals surface area (Å²) in [5.41, 5.74) is 1.40.